The number of hydrogen-bond donors (Lipinski definition) is 1. The predicted octanol–water partition coefficient (Wildman–Crippen LogP) is 4.67. The van der Waals surface area contributed by atoms with Crippen molar-refractivity contribution in [2.45, 2.75) is 40.7 Å². The van der Waals surface area contributed by atoms with E-state index >= 15 is 0 Å². The molecule has 0 spiro atoms. The summed E-state index contributed by atoms with van der Waals surface area (Å²) in [7, 11) is 0. The largest absolute Gasteiger partial charge is 0.490 e. The van der Waals surface area contributed by atoms with E-state index in [1.54, 1.807) is 12.1 Å². The average Bonchev–Trinajstić information content (AvgIpc) is 2.61. The number of benzene rings is 1. The number of nitrogens with one attached hydrogen (secondary N) is 1. The lowest BCUT2D eigenvalue weighted by atomic mass is 9.92. The van der Waals surface area contributed by atoms with Gasteiger partial charge in [0.05, 0.1) is 12.2 Å². The van der Waals surface area contributed by atoms with Crippen LogP contribution in [-0.4, -0.2) is 18.1 Å². The molecule has 5 heteroatoms. The zero-order chi connectivity index (χ0) is 19.0. The summed E-state index contributed by atoms with van der Waals surface area (Å²) >= 11 is 0. The summed E-state index contributed by atoms with van der Waals surface area (Å²) in [5.41, 5.74) is 1.97. The summed E-state index contributed by atoms with van der Waals surface area (Å²) in [4.78, 5) is 4.14. The van der Waals surface area contributed by atoms with Crippen LogP contribution >= 0.6 is 0 Å². The summed E-state index contributed by atoms with van der Waals surface area (Å²) in [6.07, 6.45) is 2.61. The molecule has 0 unspecified atom stereocenters. The van der Waals surface area contributed by atoms with E-state index in [9.17, 15) is 0 Å². The molecule has 1 aromatic carbocycles. The maximum Gasteiger partial charge on any atom is 0.219 e. The fourth-order valence-corrected chi connectivity index (χ4v) is 2.33. The number of pyridine rings is 1. The van der Waals surface area contributed by atoms with Crippen LogP contribution in [0.5, 0.6) is 17.4 Å². The van der Waals surface area contributed by atoms with Gasteiger partial charge in [-0.25, -0.2) is 4.98 Å². The summed E-state index contributed by atoms with van der Waals surface area (Å²) in [6, 6.07) is 11.3. The molecule has 0 fully saturated rings. The van der Waals surface area contributed by atoms with Gasteiger partial charge >= 0.3 is 0 Å². The van der Waals surface area contributed by atoms with Crippen LogP contribution in [0.25, 0.3) is 0 Å². The van der Waals surface area contributed by atoms with Crippen molar-refractivity contribution in [3.8, 4) is 23.4 Å². The Labute approximate surface area is 156 Å². The molecular formula is C21H27N3O2. The number of ether oxygens (including phenoxy) is 2. The molecule has 138 valence electrons. The highest BCUT2D eigenvalue weighted by Gasteiger charge is 2.11. The third-order valence-electron chi connectivity index (χ3n) is 3.77. The molecule has 0 radical (unpaired) electrons. The van der Waals surface area contributed by atoms with E-state index in [1.807, 2.05) is 31.2 Å². The second kappa shape index (κ2) is 9.21. The monoisotopic (exact) mass is 353 g/mol. The number of rotatable bonds is 8. The van der Waals surface area contributed by atoms with E-state index in [0.717, 1.165) is 25.1 Å². The van der Waals surface area contributed by atoms with Crippen molar-refractivity contribution >= 4 is 0 Å². The van der Waals surface area contributed by atoms with Crippen LogP contribution in [0.2, 0.25) is 0 Å². The Bertz CT molecular complexity index is 743. The smallest absolute Gasteiger partial charge is 0.219 e. The van der Waals surface area contributed by atoms with Crippen LogP contribution in [0.4, 0.5) is 0 Å². The molecule has 2 rings (SSSR count). The highest BCUT2D eigenvalue weighted by Crippen LogP contribution is 2.32. The molecule has 26 heavy (non-hydrogen) atoms. The first-order valence-electron chi connectivity index (χ1n) is 8.92. The third-order valence-corrected chi connectivity index (χ3v) is 3.77. The topological polar surface area (TPSA) is 67.2 Å². The van der Waals surface area contributed by atoms with Gasteiger partial charge in [0.15, 0.2) is 11.5 Å². The van der Waals surface area contributed by atoms with Crippen molar-refractivity contribution in [2.75, 3.05) is 13.2 Å². The number of hydrogen-bond acceptors (Lipinski definition) is 5. The Morgan fingerprint density at radius 3 is 2.58 bits per heavy atom. The van der Waals surface area contributed by atoms with E-state index in [-0.39, 0.29) is 0 Å². The molecule has 0 aliphatic rings. The van der Waals surface area contributed by atoms with Gasteiger partial charge in [-0.15, -0.1) is 0 Å². The van der Waals surface area contributed by atoms with Crippen LogP contribution in [0.3, 0.4) is 0 Å². The molecule has 2 aromatic rings. The number of nitrogens with zero attached hydrogens (tertiary/aromatic N) is 2. The number of nitriles is 1. The molecule has 0 aliphatic heterocycles. The standard InChI is InChI=1S/C21H27N3O2/c1-5-25-19-12-16(14-23-11-10-21(2,3)4)6-8-18(19)26-20-9-7-17(13-22)15-24-20/h6-9,12,15,23H,5,10-11,14H2,1-4H3. The molecular weight excluding hydrogens is 326 g/mol. The highest BCUT2D eigenvalue weighted by molar-refractivity contribution is 5.45. The van der Waals surface area contributed by atoms with E-state index in [1.165, 1.54) is 6.20 Å². The minimum atomic E-state index is 0.329. The van der Waals surface area contributed by atoms with Gasteiger partial charge in [0.25, 0.3) is 0 Å². The molecule has 0 saturated carbocycles. The zero-order valence-electron chi connectivity index (χ0n) is 16.0. The molecule has 0 saturated heterocycles. The van der Waals surface area contributed by atoms with Crippen LogP contribution < -0.4 is 14.8 Å². The van der Waals surface area contributed by atoms with Gasteiger partial charge in [-0.2, -0.15) is 5.26 Å². The summed E-state index contributed by atoms with van der Waals surface area (Å²) in [5.74, 6) is 1.73. The van der Waals surface area contributed by atoms with Gasteiger partial charge in [0.2, 0.25) is 5.88 Å². The molecule has 0 aliphatic carbocycles. The van der Waals surface area contributed by atoms with Gasteiger partial charge in [0, 0.05) is 18.8 Å². The Hall–Kier alpha value is -2.58. The summed E-state index contributed by atoms with van der Waals surface area (Å²) in [6.45, 7) is 11.0. The average molecular weight is 353 g/mol. The Kier molecular flexibility index (Phi) is 6.99. The predicted molar refractivity (Wildman–Crippen MR) is 102 cm³/mol. The second-order valence-corrected chi connectivity index (χ2v) is 7.30. The fourth-order valence-electron chi connectivity index (χ4n) is 2.33. The first kappa shape index (κ1) is 19.7. The van der Waals surface area contributed by atoms with Crippen LogP contribution in [0.15, 0.2) is 36.5 Å². The van der Waals surface area contributed by atoms with Crippen molar-refractivity contribution < 1.29 is 9.47 Å². The van der Waals surface area contributed by atoms with Gasteiger partial charge in [-0.3, -0.25) is 0 Å². The molecule has 0 amide bonds. The number of aromatic nitrogens is 1. The van der Waals surface area contributed by atoms with Crippen molar-refractivity contribution in [3.05, 3.63) is 47.7 Å². The van der Waals surface area contributed by atoms with Gasteiger partial charge in [-0.05, 0) is 49.1 Å². The maximum absolute atomic E-state index is 8.84. The first-order chi connectivity index (χ1) is 12.4. The van der Waals surface area contributed by atoms with E-state index in [4.69, 9.17) is 14.7 Å². The van der Waals surface area contributed by atoms with Gasteiger partial charge in [0.1, 0.15) is 6.07 Å². The maximum atomic E-state index is 8.84. The summed E-state index contributed by atoms with van der Waals surface area (Å²) < 4.78 is 11.5. The molecule has 1 heterocycles. The lowest BCUT2D eigenvalue weighted by molar-refractivity contribution is 0.319. The molecule has 0 atom stereocenters. The molecule has 1 aromatic heterocycles. The van der Waals surface area contributed by atoms with Crippen LogP contribution in [-0.2, 0) is 6.54 Å². The van der Waals surface area contributed by atoms with Crippen molar-refractivity contribution in [1.29, 1.82) is 5.26 Å². The molecule has 1 N–H and O–H groups in total. The minimum Gasteiger partial charge on any atom is -0.490 e. The third kappa shape index (κ3) is 6.38. The van der Waals surface area contributed by atoms with E-state index in [2.05, 4.69) is 31.1 Å². The molecule has 0 bridgehead atoms. The van der Waals surface area contributed by atoms with Gasteiger partial charge in [-0.1, -0.05) is 26.8 Å². The second-order valence-electron chi connectivity index (χ2n) is 7.30. The SMILES string of the molecule is CCOc1cc(CNCCC(C)(C)C)ccc1Oc1ccc(C#N)cn1. The summed E-state index contributed by atoms with van der Waals surface area (Å²) in [5, 5.41) is 12.3. The zero-order valence-corrected chi connectivity index (χ0v) is 16.0. The van der Waals surface area contributed by atoms with E-state index in [0.29, 0.717) is 35.0 Å². The highest BCUT2D eigenvalue weighted by atomic mass is 16.5. The van der Waals surface area contributed by atoms with Crippen LogP contribution in [0, 0.1) is 16.7 Å². The Morgan fingerprint density at radius 1 is 1.15 bits per heavy atom. The van der Waals surface area contributed by atoms with E-state index < -0.39 is 0 Å². The van der Waals surface area contributed by atoms with Crippen LogP contribution in [0.1, 0.15) is 45.2 Å². The van der Waals surface area contributed by atoms with Gasteiger partial charge < -0.3 is 14.8 Å². The molecule has 5 nitrogen and oxygen atoms in total. The lowest BCUT2D eigenvalue weighted by Crippen LogP contribution is -2.20. The van der Waals surface area contributed by atoms with Crippen molar-refractivity contribution in [1.82, 2.24) is 10.3 Å². The van der Waals surface area contributed by atoms with Crippen molar-refractivity contribution in [3.63, 3.8) is 0 Å². The normalized spacial score (nSPS) is 11.0. The fraction of sp³-hybridized carbons (Fsp3) is 0.429. The Balaban J connectivity index is 2.03. The quantitative estimate of drug-likeness (QED) is 0.699. The Morgan fingerprint density at radius 2 is 1.96 bits per heavy atom. The lowest BCUT2D eigenvalue weighted by Gasteiger charge is -2.18. The first-order valence-corrected chi connectivity index (χ1v) is 8.92. The van der Waals surface area contributed by atoms with Crippen molar-refractivity contribution in [2.24, 2.45) is 5.41 Å². The minimum absolute atomic E-state index is 0.329.